The van der Waals surface area contributed by atoms with Gasteiger partial charge in [0.1, 0.15) is 0 Å². The minimum atomic E-state index is -2.33. The molecule has 2 unspecified atom stereocenters. The Morgan fingerprint density at radius 3 is 1.52 bits per heavy atom. The molecule has 0 amide bonds. The van der Waals surface area contributed by atoms with E-state index in [2.05, 4.69) is 26.2 Å². The molecule has 0 radical (unpaired) electrons. The first-order valence-corrected chi connectivity index (χ1v) is 16.9. The highest BCUT2D eigenvalue weighted by Gasteiger charge is 2.44. The van der Waals surface area contributed by atoms with Gasteiger partial charge < -0.3 is 29.9 Å². The molecule has 0 bridgehead atoms. The van der Waals surface area contributed by atoms with E-state index >= 15 is 0 Å². The molecular formula is C14H39N3O3Si3. The lowest BCUT2D eigenvalue weighted by atomic mass is 10.5. The lowest BCUT2D eigenvalue weighted by Crippen LogP contribution is -2.56. The molecule has 0 aromatic rings. The molecule has 6 nitrogen and oxygen atoms in total. The molecule has 6 N–H and O–H groups in total. The van der Waals surface area contributed by atoms with Crippen LogP contribution >= 0.6 is 0 Å². The first-order valence-electron chi connectivity index (χ1n) is 8.71. The molecule has 0 aromatic heterocycles. The lowest BCUT2D eigenvalue weighted by Gasteiger charge is -2.41. The zero-order valence-corrected chi connectivity index (χ0v) is 18.8. The Morgan fingerprint density at radius 2 is 1.09 bits per heavy atom. The Morgan fingerprint density at radius 1 is 0.652 bits per heavy atom. The van der Waals surface area contributed by atoms with Crippen molar-refractivity contribution in [1.82, 2.24) is 0 Å². The maximum atomic E-state index is 6.68. The Kier molecular flexibility index (Phi) is 11.3. The van der Waals surface area contributed by atoms with Crippen molar-refractivity contribution < 1.29 is 12.7 Å². The molecule has 9 heteroatoms. The molecule has 0 heterocycles. The minimum absolute atomic E-state index is 0.661. The minimum Gasteiger partial charge on any atom is -0.436 e. The molecule has 0 aliphatic heterocycles. The van der Waals surface area contributed by atoms with Crippen molar-refractivity contribution in [1.29, 1.82) is 0 Å². The Labute approximate surface area is 146 Å². The monoisotopic (exact) mass is 381 g/mol. The van der Waals surface area contributed by atoms with Gasteiger partial charge in [-0.15, -0.1) is 0 Å². The fourth-order valence-corrected chi connectivity index (χ4v) is 16.6. The van der Waals surface area contributed by atoms with E-state index in [0.29, 0.717) is 19.6 Å². The van der Waals surface area contributed by atoms with Crippen molar-refractivity contribution in [3.8, 4) is 0 Å². The van der Waals surface area contributed by atoms with Crippen molar-refractivity contribution in [2.75, 3.05) is 26.7 Å². The van der Waals surface area contributed by atoms with E-state index in [1.807, 2.05) is 0 Å². The van der Waals surface area contributed by atoms with Gasteiger partial charge in [-0.1, -0.05) is 0 Å². The summed E-state index contributed by atoms with van der Waals surface area (Å²) < 4.78 is 19.1. The molecule has 0 saturated heterocycles. The molecule has 0 aromatic carbocycles. The topological polar surface area (TPSA) is 106 Å². The van der Waals surface area contributed by atoms with Crippen LogP contribution in [0.25, 0.3) is 0 Å². The molecular weight excluding hydrogens is 342 g/mol. The van der Waals surface area contributed by atoms with Gasteiger partial charge in [-0.25, -0.2) is 0 Å². The van der Waals surface area contributed by atoms with E-state index < -0.39 is 25.4 Å². The first-order chi connectivity index (χ1) is 10.7. The summed E-state index contributed by atoms with van der Waals surface area (Å²) in [5, 5.41) is 0. The van der Waals surface area contributed by atoms with E-state index in [9.17, 15) is 0 Å². The van der Waals surface area contributed by atoms with Crippen LogP contribution in [0.5, 0.6) is 0 Å². The van der Waals surface area contributed by atoms with Gasteiger partial charge in [-0.2, -0.15) is 0 Å². The summed E-state index contributed by atoms with van der Waals surface area (Å²) in [5.74, 6) is 0. The second-order valence-electron chi connectivity index (χ2n) is 7.11. The molecule has 0 aliphatic carbocycles. The number of hydrogen-bond acceptors (Lipinski definition) is 6. The summed E-state index contributed by atoms with van der Waals surface area (Å²) >= 11 is 0. The van der Waals surface area contributed by atoms with E-state index in [1.165, 1.54) is 0 Å². The number of hydrogen-bond donors (Lipinski definition) is 3. The van der Waals surface area contributed by atoms with Crippen LogP contribution in [0.3, 0.4) is 0 Å². The second-order valence-corrected chi connectivity index (χ2v) is 18.7. The maximum Gasteiger partial charge on any atom is 0.325 e. The van der Waals surface area contributed by atoms with E-state index in [4.69, 9.17) is 29.9 Å². The summed E-state index contributed by atoms with van der Waals surface area (Å²) in [6, 6.07) is 2.88. The molecule has 2 atom stereocenters. The number of nitrogens with two attached hydrogens (primary N) is 3. The molecule has 0 spiro atoms. The van der Waals surface area contributed by atoms with Crippen LogP contribution in [0.1, 0.15) is 19.3 Å². The van der Waals surface area contributed by atoms with Crippen molar-refractivity contribution >= 4 is 25.4 Å². The van der Waals surface area contributed by atoms with Crippen molar-refractivity contribution in [2.24, 2.45) is 17.2 Å². The molecule has 140 valence electrons. The average molecular weight is 382 g/mol. The van der Waals surface area contributed by atoms with Gasteiger partial charge in [0.15, 0.2) is 8.32 Å². The van der Waals surface area contributed by atoms with Crippen LogP contribution in [0, 0.1) is 0 Å². The van der Waals surface area contributed by atoms with Crippen LogP contribution in [0.2, 0.25) is 44.3 Å². The summed E-state index contributed by atoms with van der Waals surface area (Å²) in [5.41, 5.74) is 17.0. The molecule has 23 heavy (non-hydrogen) atoms. The van der Waals surface area contributed by atoms with Crippen LogP contribution in [-0.4, -0.2) is 52.2 Å². The SMILES string of the molecule is CO[Si](C)(CCCN)O[Si](C)(CCCN)O[Si](C)(C)CCCN. The molecule has 0 aliphatic rings. The maximum absolute atomic E-state index is 6.68. The third kappa shape index (κ3) is 10.1. The van der Waals surface area contributed by atoms with Gasteiger partial charge in [0.25, 0.3) is 0 Å². The van der Waals surface area contributed by atoms with Gasteiger partial charge in [0.2, 0.25) is 0 Å². The quantitative estimate of drug-likeness (QED) is 0.398. The molecule has 0 fully saturated rings. The van der Waals surface area contributed by atoms with Crippen LogP contribution < -0.4 is 17.2 Å². The Bertz CT molecular complexity index is 327. The molecule has 0 saturated carbocycles. The third-order valence-corrected chi connectivity index (χ3v) is 16.3. The van der Waals surface area contributed by atoms with E-state index in [1.54, 1.807) is 7.11 Å². The summed E-state index contributed by atoms with van der Waals surface area (Å²) in [6.45, 7) is 10.8. The standard InChI is InChI=1S/C14H39N3O3Si3/c1-18-22(4,13-7-10-16)20-23(5,14-8-11-17)19-21(2,3)12-6-9-15/h6-17H2,1-5H3. The van der Waals surface area contributed by atoms with Crippen molar-refractivity contribution in [2.45, 2.75) is 63.6 Å². The predicted molar refractivity (Wildman–Crippen MR) is 105 cm³/mol. The van der Waals surface area contributed by atoms with E-state index in [0.717, 1.165) is 37.4 Å². The lowest BCUT2D eigenvalue weighted by molar-refractivity contribution is 0.266. The average Bonchev–Trinajstić information content (AvgIpc) is 2.48. The highest BCUT2D eigenvalue weighted by Crippen LogP contribution is 2.29. The fraction of sp³-hybridized carbons (Fsp3) is 1.00. The third-order valence-electron chi connectivity index (χ3n) is 4.01. The van der Waals surface area contributed by atoms with Gasteiger partial charge in [-0.3, -0.25) is 0 Å². The highest BCUT2D eigenvalue weighted by atomic mass is 28.5. The normalized spacial score (nSPS) is 17.7. The van der Waals surface area contributed by atoms with Crippen molar-refractivity contribution in [3.63, 3.8) is 0 Å². The Hall–Kier alpha value is 0.411. The summed E-state index contributed by atoms with van der Waals surface area (Å²) in [7, 11) is -4.62. The zero-order valence-electron chi connectivity index (χ0n) is 15.8. The summed E-state index contributed by atoms with van der Waals surface area (Å²) in [4.78, 5) is 0. The second kappa shape index (κ2) is 11.1. The number of rotatable bonds is 14. The van der Waals surface area contributed by atoms with E-state index in [-0.39, 0.29) is 0 Å². The van der Waals surface area contributed by atoms with Gasteiger partial charge in [0.05, 0.1) is 0 Å². The van der Waals surface area contributed by atoms with Crippen LogP contribution in [-0.2, 0) is 12.7 Å². The van der Waals surface area contributed by atoms with Gasteiger partial charge in [-0.05, 0) is 83.2 Å². The van der Waals surface area contributed by atoms with Crippen LogP contribution in [0.15, 0.2) is 0 Å². The first kappa shape index (κ1) is 23.4. The largest absolute Gasteiger partial charge is 0.436 e. The zero-order chi connectivity index (χ0) is 18.0. The smallest absolute Gasteiger partial charge is 0.325 e. The van der Waals surface area contributed by atoms with Gasteiger partial charge in [0, 0.05) is 7.11 Å². The van der Waals surface area contributed by atoms with Gasteiger partial charge >= 0.3 is 17.1 Å². The summed E-state index contributed by atoms with van der Waals surface area (Å²) in [6.07, 6.45) is 2.85. The predicted octanol–water partition coefficient (Wildman–Crippen LogP) is 2.06. The molecule has 0 rings (SSSR count). The van der Waals surface area contributed by atoms with Crippen molar-refractivity contribution in [3.05, 3.63) is 0 Å². The fourth-order valence-electron chi connectivity index (χ4n) is 2.78. The highest BCUT2D eigenvalue weighted by molar-refractivity contribution is 6.87. The Balaban J connectivity index is 5.06. The van der Waals surface area contributed by atoms with Crippen LogP contribution in [0.4, 0.5) is 0 Å².